The van der Waals surface area contributed by atoms with Crippen LogP contribution in [0, 0.1) is 12.3 Å². The number of rotatable bonds is 3. The normalized spacial score (nSPS) is 11.8. The Kier molecular flexibility index (Phi) is 3.90. The van der Waals surface area contributed by atoms with Gasteiger partial charge in [0.15, 0.2) is 0 Å². The van der Waals surface area contributed by atoms with E-state index >= 15 is 0 Å². The Morgan fingerprint density at radius 3 is 2.57 bits per heavy atom. The number of halogens is 2. The van der Waals surface area contributed by atoms with E-state index in [1.165, 1.54) is 0 Å². The molecule has 0 unspecified atom stereocenters. The maximum absolute atomic E-state index is 5.79. The minimum Gasteiger partial charge on any atom is -0.223 e. The van der Waals surface area contributed by atoms with Crippen molar-refractivity contribution in [2.75, 3.05) is 5.33 Å². The largest absolute Gasteiger partial charge is 0.223 e. The van der Waals surface area contributed by atoms with E-state index in [1.807, 2.05) is 13.0 Å². The van der Waals surface area contributed by atoms with Crippen LogP contribution in [0.2, 0.25) is 5.28 Å². The standard InChI is InChI=1S/C10H14BrClN2/c1-7-4-8(14-9(12)13-7)5-10(2,3)6-11/h4H,5-6H2,1-3H3. The van der Waals surface area contributed by atoms with E-state index in [0.717, 1.165) is 23.1 Å². The number of hydrogen-bond donors (Lipinski definition) is 0. The second-order valence-electron chi connectivity index (χ2n) is 4.24. The van der Waals surface area contributed by atoms with Crippen molar-refractivity contribution >= 4 is 27.5 Å². The molecule has 0 saturated carbocycles. The number of aryl methyl sites for hydroxylation is 1. The summed E-state index contributed by atoms with van der Waals surface area (Å²) in [6.45, 7) is 6.30. The van der Waals surface area contributed by atoms with Crippen LogP contribution in [0.25, 0.3) is 0 Å². The van der Waals surface area contributed by atoms with E-state index < -0.39 is 0 Å². The summed E-state index contributed by atoms with van der Waals surface area (Å²) in [7, 11) is 0. The number of aromatic nitrogens is 2. The zero-order chi connectivity index (χ0) is 10.8. The molecule has 0 aliphatic carbocycles. The smallest absolute Gasteiger partial charge is 0.222 e. The molecule has 0 amide bonds. The van der Waals surface area contributed by atoms with Gasteiger partial charge in [0.2, 0.25) is 5.28 Å². The third-order valence-corrected chi connectivity index (χ3v) is 3.59. The van der Waals surface area contributed by atoms with Crippen LogP contribution in [0.15, 0.2) is 6.07 Å². The summed E-state index contributed by atoms with van der Waals surface area (Å²) in [4.78, 5) is 8.23. The average Bonchev–Trinajstić information content (AvgIpc) is 2.01. The van der Waals surface area contributed by atoms with Crippen molar-refractivity contribution < 1.29 is 0 Å². The van der Waals surface area contributed by atoms with Gasteiger partial charge in [0, 0.05) is 16.7 Å². The highest BCUT2D eigenvalue weighted by Gasteiger charge is 2.18. The molecule has 0 aliphatic heterocycles. The van der Waals surface area contributed by atoms with Crippen molar-refractivity contribution in [3.05, 3.63) is 22.7 Å². The molecule has 0 atom stereocenters. The minimum atomic E-state index is 0.199. The van der Waals surface area contributed by atoms with Crippen LogP contribution in [0.1, 0.15) is 25.2 Å². The molecule has 0 bridgehead atoms. The summed E-state index contributed by atoms with van der Waals surface area (Å²) >= 11 is 9.28. The first-order valence-corrected chi connectivity index (χ1v) is 5.99. The summed E-state index contributed by atoms with van der Waals surface area (Å²) < 4.78 is 0. The molecule has 1 aromatic heterocycles. The number of hydrogen-bond acceptors (Lipinski definition) is 2. The first-order valence-electron chi connectivity index (χ1n) is 4.49. The molecule has 2 nitrogen and oxygen atoms in total. The lowest BCUT2D eigenvalue weighted by molar-refractivity contribution is 0.419. The van der Waals surface area contributed by atoms with E-state index in [4.69, 9.17) is 11.6 Å². The van der Waals surface area contributed by atoms with Gasteiger partial charge in [-0.25, -0.2) is 9.97 Å². The molecule has 4 heteroatoms. The van der Waals surface area contributed by atoms with E-state index in [2.05, 4.69) is 39.7 Å². The van der Waals surface area contributed by atoms with Crippen LogP contribution in [0.5, 0.6) is 0 Å². The third kappa shape index (κ3) is 3.54. The Bertz CT molecular complexity index is 306. The fraction of sp³-hybridized carbons (Fsp3) is 0.600. The van der Waals surface area contributed by atoms with Crippen LogP contribution >= 0.6 is 27.5 Å². The van der Waals surface area contributed by atoms with Crippen LogP contribution < -0.4 is 0 Å². The maximum atomic E-state index is 5.79. The zero-order valence-electron chi connectivity index (χ0n) is 8.64. The lowest BCUT2D eigenvalue weighted by Gasteiger charge is -2.20. The summed E-state index contributed by atoms with van der Waals surface area (Å²) in [6.07, 6.45) is 0.904. The van der Waals surface area contributed by atoms with Gasteiger partial charge >= 0.3 is 0 Å². The predicted molar refractivity (Wildman–Crippen MR) is 63.1 cm³/mol. The molecule has 1 rings (SSSR count). The third-order valence-electron chi connectivity index (χ3n) is 1.90. The second-order valence-corrected chi connectivity index (χ2v) is 5.14. The van der Waals surface area contributed by atoms with Gasteiger partial charge in [-0.2, -0.15) is 0 Å². The van der Waals surface area contributed by atoms with Crippen molar-refractivity contribution in [1.82, 2.24) is 9.97 Å². The van der Waals surface area contributed by atoms with E-state index in [0.29, 0.717) is 5.28 Å². The van der Waals surface area contributed by atoms with Gasteiger partial charge in [-0.15, -0.1) is 0 Å². The summed E-state index contributed by atoms with van der Waals surface area (Å²) in [5.41, 5.74) is 2.13. The molecule has 14 heavy (non-hydrogen) atoms. The molecule has 0 spiro atoms. The molecule has 1 heterocycles. The predicted octanol–water partition coefficient (Wildman–Crippen LogP) is 3.40. The molecule has 0 N–H and O–H groups in total. The Balaban J connectivity index is 2.87. The summed E-state index contributed by atoms with van der Waals surface area (Å²) in [6, 6.07) is 1.98. The highest BCUT2D eigenvalue weighted by Crippen LogP contribution is 2.23. The van der Waals surface area contributed by atoms with Gasteiger partial charge in [-0.05, 0) is 36.4 Å². The van der Waals surface area contributed by atoms with Crippen LogP contribution in [-0.2, 0) is 6.42 Å². The number of nitrogens with zero attached hydrogens (tertiary/aromatic N) is 2. The zero-order valence-corrected chi connectivity index (χ0v) is 11.0. The van der Waals surface area contributed by atoms with Crippen molar-refractivity contribution in [1.29, 1.82) is 0 Å². The fourth-order valence-electron chi connectivity index (χ4n) is 1.22. The highest BCUT2D eigenvalue weighted by atomic mass is 79.9. The lowest BCUT2D eigenvalue weighted by atomic mass is 9.90. The first kappa shape index (κ1) is 11.9. The lowest BCUT2D eigenvalue weighted by Crippen LogP contribution is -2.17. The van der Waals surface area contributed by atoms with Gasteiger partial charge in [0.05, 0.1) is 0 Å². The molecule has 0 radical (unpaired) electrons. The van der Waals surface area contributed by atoms with Crippen molar-refractivity contribution in [2.24, 2.45) is 5.41 Å². The van der Waals surface area contributed by atoms with Gasteiger partial charge in [-0.1, -0.05) is 29.8 Å². The molecule has 1 aromatic rings. The Morgan fingerprint density at radius 2 is 2.07 bits per heavy atom. The van der Waals surface area contributed by atoms with Crippen LogP contribution in [0.3, 0.4) is 0 Å². The summed E-state index contributed by atoms with van der Waals surface area (Å²) in [5, 5.41) is 1.28. The van der Waals surface area contributed by atoms with Crippen LogP contribution in [-0.4, -0.2) is 15.3 Å². The molecular weight excluding hydrogens is 263 g/mol. The quantitative estimate of drug-likeness (QED) is 0.625. The second kappa shape index (κ2) is 4.58. The van der Waals surface area contributed by atoms with E-state index in [1.54, 1.807) is 0 Å². The fourth-order valence-corrected chi connectivity index (χ4v) is 1.66. The van der Waals surface area contributed by atoms with E-state index in [-0.39, 0.29) is 5.41 Å². The van der Waals surface area contributed by atoms with Gasteiger partial charge in [-0.3, -0.25) is 0 Å². The van der Waals surface area contributed by atoms with Crippen molar-refractivity contribution in [2.45, 2.75) is 27.2 Å². The van der Waals surface area contributed by atoms with Crippen molar-refractivity contribution in [3.63, 3.8) is 0 Å². The minimum absolute atomic E-state index is 0.199. The SMILES string of the molecule is Cc1cc(CC(C)(C)CBr)nc(Cl)n1. The Labute approximate surface area is 98.2 Å². The first-order chi connectivity index (χ1) is 6.43. The molecule has 78 valence electrons. The topological polar surface area (TPSA) is 25.8 Å². The molecule has 0 saturated heterocycles. The van der Waals surface area contributed by atoms with Gasteiger partial charge in [0.1, 0.15) is 0 Å². The summed E-state index contributed by atoms with van der Waals surface area (Å²) in [5.74, 6) is 0. The Hall–Kier alpha value is -0.150. The highest BCUT2D eigenvalue weighted by molar-refractivity contribution is 9.09. The van der Waals surface area contributed by atoms with Gasteiger partial charge in [0.25, 0.3) is 0 Å². The Morgan fingerprint density at radius 1 is 1.43 bits per heavy atom. The number of alkyl halides is 1. The molecule has 0 fully saturated rings. The molecule has 0 aromatic carbocycles. The monoisotopic (exact) mass is 276 g/mol. The van der Waals surface area contributed by atoms with Gasteiger partial charge < -0.3 is 0 Å². The van der Waals surface area contributed by atoms with E-state index in [9.17, 15) is 0 Å². The molecule has 0 aliphatic rings. The average molecular weight is 278 g/mol. The maximum Gasteiger partial charge on any atom is 0.222 e. The van der Waals surface area contributed by atoms with Crippen LogP contribution in [0.4, 0.5) is 0 Å². The molecular formula is C10H14BrClN2. The van der Waals surface area contributed by atoms with Crippen molar-refractivity contribution in [3.8, 4) is 0 Å².